The van der Waals surface area contributed by atoms with Crippen molar-refractivity contribution in [1.82, 2.24) is 14.5 Å². The van der Waals surface area contributed by atoms with Gasteiger partial charge in [0.05, 0.1) is 0 Å². The predicted molar refractivity (Wildman–Crippen MR) is 247 cm³/mol. The van der Waals surface area contributed by atoms with Crippen molar-refractivity contribution in [2.45, 2.75) is 19.3 Å². The van der Waals surface area contributed by atoms with E-state index in [1.54, 1.807) is 0 Å². The van der Waals surface area contributed by atoms with E-state index in [2.05, 4.69) is 219 Å². The van der Waals surface area contributed by atoms with Gasteiger partial charge in [-0.2, -0.15) is 0 Å². The normalized spacial score (nSPS) is 14.2. The Balaban J connectivity index is 1.21. The fourth-order valence-corrected chi connectivity index (χ4v) is 21.5. The molecule has 12 rings (SSSR count). The van der Waals surface area contributed by atoms with Crippen molar-refractivity contribution < 1.29 is 0 Å². The first-order valence-corrected chi connectivity index (χ1v) is 24.7. The van der Waals surface area contributed by atoms with Crippen LogP contribution < -0.4 is 17.6 Å². The Morgan fingerprint density at radius 2 is 1.03 bits per heavy atom. The van der Waals surface area contributed by atoms with Gasteiger partial charge in [-0.3, -0.25) is 0 Å². The van der Waals surface area contributed by atoms with Crippen molar-refractivity contribution in [3.63, 3.8) is 0 Å². The Kier molecular flexibility index (Phi) is 7.45. The topological polar surface area (TPSA) is 30.7 Å². The van der Waals surface area contributed by atoms with Gasteiger partial charge in [0.2, 0.25) is 0 Å². The fraction of sp³-hybridized carbons (Fsp3) is 0.0545. The molecule has 0 fully saturated rings. The zero-order valence-electron chi connectivity index (χ0n) is 32.9. The molecule has 3 nitrogen and oxygen atoms in total. The molecule has 0 atom stereocenters. The van der Waals surface area contributed by atoms with Crippen LogP contribution >= 0.6 is 0 Å². The van der Waals surface area contributed by atoms with Crippen LogP contribution in [0.4, 0.5) is 0 Å². The fourth-order valence-electron chi connectivity index (χ4n) is 10.4. The second-order valence-corrected chi connectivity index (χ2v) is 24.3. The monoisotopic (exact) mass is 815 g/mol. The second kappa shape index (κ2) is 12.8. The first-order chi connectivity index (χ1) is 29.0. The van der Waals surface area contributed by atoms with E-state index >= 15 is 0 Å². The summed E-state index contributed by atoms with van der Waals surface area (Å²) in [5.41, 5.74) is 14.3. The van der Waals surface area contributed by atoms with Crippen molar-refractivity contribution in [1.29, 1.82) is 0 Å². The molecule has 0 N–H and O–H groups in total. The first kappa shape index (κ1) is 34.2. The Hall–Kier alpha value is -6.82. The van der Waals surface area contributed by atoms with E-state index in [1.807, 2.05) is 0 Å². The molecule has 0 saturated heterocycles. The van der Waals surface area contributed by atoms with E-state index in [0.717, 1.165) is 34.0 Å². The molecular formula is C55H39GeN3. The molecule has 1 aliphatic heterocycles. The van der Waals surface area contributed by atoms with Crippen LogP contribution in [0.25, 0.3) is 72.5 Å². The summed E-state index contributed by atoms with van der Waals surface area (Å²) in [7, 11) is 0. The maximum absolute atomic E-state index is 5.59. The molecule has 8 aromatic carbocycles. The van der Waals surface area contributed by atoms with Crippen LogP contribution in [0.5, 0.6) is 0 Å². The van der Waals surface area contributed by atoms with Crippen molar-refractivity contribution in [3.8, 4) is 50.7 Å². The summed E-state index contributed by atoms with van der Waals surface area (Å²) in [6.07, 6.45) is 0. The third-order valence-electron chi connectivity index (χ3n) is 13.1. The van der Waals surface area contributed by atoms with Gasteiger partial charge in [0, 0.05) is 0 Å². The Morgan fingerprint density at radius 3 is 1.75 bits per heavy atom. The summed E-state index contributed by atoms with van der Waals surface area (Å²) in [5, 5.41) is 2.55. The van der Waals surface area contributed by atoms with Gasteiger partial charge in [0.25, 0.3) is 0 Å². The zero-order chi connectivity index (χ0) is 39.3. The number of benzene rings is 8. The molecule has 59 heavy (non-hydrogen) atoms. The number of fused-ring (bicyclic) bond motifs is 9. The number of nitrogens with zero attached hydrogens (tertiary/aromatic N) is 3. The second-order valence-electron chi connectivity index (χ2n) is 16.5. The molecule has 1 aliphatic carbocycles. The van der Waals surface area contributed by atoms with Crippen LogP contribution in [0.15, 0.2) is 200 Å². The Morgan fingerprint density at radius 1 is 0.441 bits per heavy atom. The number of hydrogen-bond acceptors (Lipinski definition) is 2. The summed E-state index contributed by atoms with van der Waals surface area (Å²) in [6.45, 7) is 4.74. The van der Waals surface area contributed by atoms with Crippen LogP contribution in [-0.2, 0) is 5.41 Å². The molecule has 0 amide bonds. The minimum absolute atomic E-state index is 0.0860. The van der Waals surface area contributed by atoms with Crippen LogP contribution in [0.3, 0.4) is 0 Å². The van der Waals surface area contributed by atoms with E-state index in [4.69, 9.17) is 9.97 Å². The van der Waals surface area contributed by atoms with E-state index in [-0.39, 0.29) is 5.41 Å². The molecule has 0 radical (unpaired) electrons. The van der Waals surface area contributed by atoms with Gasteiger partial charge in [-0.15, -0.1) is 0 Å². The van der Waals surface area contributed by atoms with Crippen LogP contribution in [0.2, 0.25) is 0 Å². The molecule has 0 unspecified atom stereocenters. The van der Waals surface area contributed by atoms with Gasteiger partial charge in [0.15, 0.2) is 0 Å². The van der Waals surface area contributed by atoms with Gasteiger partial charge in [0.1, 0.15) is 0 Å². The van der Waals surface area contributed by atoms with E-state index in [1.165, 1.54) is 67.2 Å². The molecule has 0 spiro atoms. The molecule has 0 saturated carbocycles. The number of rotatable bonds is 5. The van der Waals surface area contributed by atoms with Crippen molar-refractivity contribution in [2.75, 3.05) is 0 Å². The predicted octanol–water partition coefficient (Wildman–Crippen LogP) is 10.6. The molecule has 10 aromatic rings. The van der Waals surface area contributed by atoms with E-state index in [0.29, 0.717) is 0 Å². The zero-order valence-corrected chi connectivity index (χ0v) is 35.0. The average molecular weight is 815 g/mol. The summed E-state index contributed by atoms with van der Waals surface area (Å²) >= 11 is -3.90. The summed E-state index contributed by atoms with van der Waals surface area (Å²) in [5.74, 6) is 0.747. The van der Waals surface area contributed by atoms with Crippen LogP contribution in [0.1, 0.15) is 25.0 Å². The Labute approximate surface area is 346 Å². The Bertz CT molecular complexity index is 3240. The van der Waals surface area contributed by atoms with Gasteiger partial charge in [-0.25, -0.2) is 0 Å². The van der Waals surface area contributed by atoms with E-state index in [9.17, 15) is 0 Å². The van der Waals surface area contributed by atoms with Crippen LogP contribution in [-0.4, -0.2) is 27.8 Å². The average Bonchev–Trinajstić information content (AvgIpc) is 3.87. The third kappa shape index (κ3) is 4.83. The minimum atomic E-state index is -3.90. The molecular weight excluding hydrogens is 775 g/mol. The van der Waals surface area contributed by atoms with Crippen molar-refractivity contribution >= 4 is 52.7 Å². The third-order valence-corrected chi connectivity index (χ3v) is 23.2. The SMILES string of the molecule is CC1(C)c2ccccc2-c2cc3c(cc21)c1ccccc1n3-c1ccc2[c](c1)[Ge]([c]1ccccc1)([c]1ccccc1)[c]1c(-c3ccccc3)nc(-c3ccccc3)nc1-2. The van der Waals surface area contributed by atoms with Gasteiger partial charge in [-0.1, -0.05) is 0 Å². The van der Waals surface area contributed by atoms with Gasteiger partial charge in [-0.05, 0) is 0 Å². The standard InChI is InChI=1S/C55H39GeN3/c1-55(2)46-29-17-15-27-41(46)44-35-50-45(34-47(44)55)42-28-16-18-30-49(42)59(50)40-31-32-43-48(33-40)56(38-23-11-5-12-24-38,39-25-13-6-14-26-39)51-52(36-19-7-3-8-20-36)57-54(58-53(43)51)37-21-9-4-10-22-37/h3-35H,1-2H3. The van der Waals surface area contributed by atoms with Crippen LogP contribution in [0, 0.1) is 0 Å². The molecule has 278 valence electrons. The van der Waals surface area contributed by atoms with Gasteiger partial charge >= 0.3 is 348 Å². The summed E-state index contributed by atoms with van der Waals surface area (Å²) < 4.78 is 7.92. The molecule has 0 bridgehead atoms. The van der Waals surface area contributed by atoms with E-state index < -0.39 is 13.3 Å². The van der Waals surface area contributed by atoms with Crippen molar-refractivity contribution in [2.24, 2.45) is 0 Å². The summed E-state index contributed by atoms with van der Waals surface area (Å²) in [4.78, 5) is 11.2. The number of para-hydroxylation sites is 1. The number of hydrogen-bond donors (Lipinski definition) is 0. The molecule has 3 heterocycles. The molecule has 2 aliphatic rings. The van der Waals surface area contributed by atoms with Gasteiger partial charge < -0.3 is 0 Å². The summed E-state index contributed by atoms with van der Waals surface area (Å²) in [6, 6.07) is 73.9. The first-order valence-electron chi connectivity index (χ1n) is 20.5. The van der Waals surface area contributed by atoms with Crippen molar-refractivity contribution in [3.05, 3.63) is 211 Å². The quantitative estimate of drug-likeness (QED) is 0.162. The number of aromatic nitrogens is 3. The molecule has 4 heteroatoms. The maximum atomic E-state index is 5.59. The molecule has 2 aromatic heterocycles.